The Morgan fingerprint density at radius 3 is 2.33 bits per heavy atom. The van der Waals surface area contributed by atoms with Gasteiger partial charge < -0.3 is 15.5 Å². The van der Waals surface area contributed by atoms with E-state index in [4.69, 9.17) is 5.73 Å². The quantitative estimate of drug-likeness (QED) is 0.778. The summed E-state index contributed by atoms with van der Waals surface area (Å²) < 4.78 is 0. The van der Waals surface area contributed by atoms with Crippen LogP contribution in [0, 0.1) is 5.92 Å². The minimum absolute atomic E-state index is 0.168. The molecule has 1 amide bonds. The second-order valence-corrected chi connectivity index (χ2v) is 5.83. The van der Waals surface area contributed by atoms with Crippen LogP contribution in [0.25, 0.3) is 0 Å². The summed E-state index contributed by atoms with van der Waals surface area (Å²) in [6, 6.07) is 0.182. The van der Waals surface area contributed by atoms with Gasteiger partial charge in [0.15, 0.2) is 0 Å². The predicted octanol–water partition coefficient (Wildman–Crippen LogP) is 1.30. The highest BCUT2D eigenvalue weighted by atomic mass is 16.2. The van der Waals surface area contributed by atoms with E-state index in [-0.39, 0.29) is 11.9 Å². The summed E-state index contributed by atoms with van der Waals surface area (Å²) >= 11 is 0. The van der Waals surface area contributed by atoms with Crippen molar-refractivity contribution in [3.63, 3.8) is 0 Å². The van der Waals surface area contributed by atoms with Crippen LogP contribution < -0.4 is 5.73 Å². The van der Waals surface area contributed by atoms with Gasteiger partial charge in [-0.1, -0.05) is 19.3 Å². The van der Waals surface area contributed by atoms with E-state index in [9.17, 15) is 4.79 Å². The lowest BCUT2D eigenvalue weighted by atomic mass is 9.88. The summed E-state index contributed by atoms with van der Waals surface area (Å²) in [6.07, 6.45) is 7.32. The van der Waals surface area contributed by atoms with Crippen LogP contribution >= 0.6 is 0 Å². The Morgan fingerprint density at radius 2 is 1.83 bits per heavy atom. The zero-order chi connectivity index (χ0) is 13.5. The first kappa shape index (κ1) is 15.4. The summed E-state index contributed by atoms with van der Waals surface area (Å²) in [6.45, 7) is 1.64. The molecule has 18 heavy (non-hydrogen) atoms. The highest BCUT2D eigenvalue weighted by Gasteiger charge is 2.22. The van der Waals surface area contributed by atoms with Crippen molar-refractivity contribution in [3.8, 4) is 0 Å². The number of hydrogen-bond donors (Lipinski definition) is 1. The molecule has 0 heterocycles. The summed E-state index contributed by atoms with van der Waals surface area (Å²) in [4.78, 5) is 15.7. The number of amides is 1. The van der Waals surface area contributed by atoms with E-state index in [1.54, 1.807) is 19.0 Å². The van der Waals surface area contributed by atoms with Crippen molar-refractivity contribution in [2.24, 2.45) is 11.7 Å². The summed E-state index contributed by atoms with van der Waals surface area (Å²) in [5.41, 5.74) is 5.81. The zero-order valence-corrected chi connectivity index (χ0v) is 12.2. The molecule has 1 rings (SSSR count). The molecule has 1 unspecified atom stereocenters. The molecular formula is C14H29N3O. The van der Waals surface area contributed by atoms with Crippen LogP contribution in [0.1, 0.15) is 38.5 Å². The molecule has 0 radical (unpaired) electrons. The SMILES string of the molecule is CN(C)C(=O)CC(CN)N(C)CC1CCCCC1. The fourth-order valence-corrected chi connectivity index (χ4v) is 2.73. The van der Waals surface area contributed by atoms with Crippen molar-refractivity contribution in [2.45, 2.75) is 44.6 Å². The van der Waals surface area contributed by atoms with Gasteiger partial charge in [0, 0.05) is 39.6 Å². The highest BCUT2D eigenvalue weighted by Crippen LogP contribution is 2.24. The molecule has 0 aromatic heterocycles. The van der Waals surface area contributed by atoms with Crippen molar-refractivity contribution < 1.29 is 4.79 Å². The number of nitrogens with zero attached hydrogens (tertiary/aromatic N) is 2. The van der Waals surface area contributed by atoms with E-state index < -0.39 is 0 Å². The largest absolute Gasteiger partial charge is 0.349 e. The van der Waals surface area contributed by atoms with Gasteiger partial charge in [-0.25, -0.2) is 0 Å². The molecule has 1 atom stereocenters. The zero-order valence-electron chi connectivity index (χ0n) is 12.2. The predicted molar refractivity (Wildman–Crippen MR) is 75.4 cm³/mol. The van der Waals surface area contributed by atoms with Gasteiger partial charge in [-0.2, -0.15) is 0 Å². The molecule has 0 aliphatic heterocycles. The minimum atomic E-state index is 0.168. The van der Waals surface area contributed by atoms with Crippen molar-refractivity contribution >= 4 is 5.91 Å². The average Bonchev–Trinajstić information content (AvgIpc) is 2.36. The van der Waals surface area contributed by atoms with E-state index in [2.05, 4.69) is 11.9 Å². The van der Waals surface area contributed by atoms with Gasteiger partial charge in [0.25, 0.3) is 0 Å². The van der Waals surface area contributed by atoms with Crippen LogP contribution in [0.2, 0.25) is 0 Å². The van der Waals surface area contributed by atoms with Crippen molar-refractivity contribution in [1.29, 1.82) is 0 Å². The Bertz CT molecular complexity index is 249. The Kier molecular flexibility index (Phi) is 6.65. The number of carbonyl (C=O) groups excluding carboxylic acids is 1. The maximum Gasteiger partial charge on any atom is 0.223 e. The van der Waals surface area contributed by atoms with E-state index in [0.717, 1.165) is 12.5 Å². The van der Waals surface area contributed by atoms with Crippen LogP contribution in [-0.2, 0) is 4.79 Å². The van der Waals surface area contributed by atoms with Crippen molar-refractivity contribution in [1.82, 2.24) is 9.80 Å². The molecule has 0 spiro atoms. The molecule has 0 aromatic carbocycles. The smallest absolute Gasteiger partial charge is 0.223 e. The molecule has 4 nitrogen and oxygen atoms in total. The molecule has 0 aromatic rings. The van der Waals surface area contributed by atoms with Gasteiger partial charge in [0.2, 0.25) is 5.91 Å². The number of nitrogens with two attached hydrogens (primary N) is 1. The van der Waals surface area contributed by atoms with Crippen LogP contribution in [0.5, 0.6) is 0 Å². The Labute approximate surface area is 111 Å². The molecule has 4 heteroatoms. The van der Waals surface area contributed by atoms with Crippen molar-refractivity contribution in [3.05, 3.63) is 0 Å². The van der Waals surface area contributed by atoms with Gasteiger partial charge in [-0.15, -0.1) is 0 Å². The van der Waals surface area contributed by atoms with Crippen molar-refractivity contribution in [2.75, 3.05) is 34.2 Å². The summed E-state index contributed by atoms with van der Waals surface area (Å²) in [5, 5.41) is 0. The monoisotopic (exact) mass is 255 g/mol. The third-order valence-electron chi connectivity index (χ3n) is 4.08. The van der Waals surface area contributed by atoms with Gasteiger partial charge in [0.1, 0.15) is 0 Å². The summed E-state index contributed by atoms with van der Waals surface area (Å²) in [5.74, 6) is 0.966. The van der Waals surface area contributed by atoms with Crippen LogP contribution in [0.4, 0.5) is 0 Å². The number of likely N-dealkylation sites (N-methyl/N-ethyl adjacent to an activating group) is 1. The van der Waals surface area contributed by atoms with Gasteiger partial charge in [-0.05, 0) is 25.8 Å². The molecule has 1 saturated carbocycles. The molecule has 0 saturated heterocycles. The second kappa shape index (κ2) is 7.74. The number of hydrogen-bond acceptors (Lipinski definition) is 3. The lowest BCUT2D eigenvalue weighted by molar-refractivity contribution is -0.129. The number of rotatable bonds is 6. The third kappa shape index (κ3) is 4.94. The molecule has 106 valence electrons. The fourth-order valence-electron chi connectivity index (χ4n) is 2.73. The summed E-state index contributed by atoms with van der Waals surface area (Å²) in [7, 11) is 5.71. The first-order valence-corrected chi connectivity index (χ1v) is 7.15. The lowest BCUT2D eigenvalue weighted by Gasteiger charge is -2.32. The van der Waals surface area contributed by atoms with Crippen LogP contribution in [-0.4, -0.2) is 56.0 Å². The minimum Gasteiger partial charge on any atom is -0.349 e. The van der Waals surface area contributed by atoms with E-state index in [0.29, 0.717) is 13.0 Å². The molecule has 2 N–H and O–H groups in total. The third-order valence-corrected chi connectivity index (χ3v) is 4.08. The number of carbonyl (C=O) groups is 1. The lowest BCUT2D eigenvalue weighted by Crippen LogP contribution is -2.43. The Hall–Kier alpha value is -0.610. The van der Waals surface area contributed by atoms with Gasteiger partial charge in [-0.3, -0.25) is 4.79 Å². The van der Waals surface area contributed by atoms with Gasteiger partial charge >= 0.3 is 0 Å². The Balaban J connectivity index is 2.40. The molecule has 1 aliphatic carbocycles. The van der Waals surface area contributed by atoms with E-state index >= 15 is 0 Å². The highest BCUT2D eigenvalue weighted by molar-refractivity contribution is 5.76. The van der Waals surface area contributed by atoms with E-state index in [1.165, 1.54) is 32.1 Å². The standard InChI is InChI=1S/C14H29N3O/c1-16(2)14(18)9-13(10-15)17(3)11-12-7-5-4-6-8-12/h12-13H,4-11,15H2,1-3H3. The maximum atomic E-state index is 11.8. The maximum absolute atomic E-state index is 11.8. The van der Waals surface area contributed by atoms with E-state index in [1.807, 2.05) is 0 Å². The molecule has 0 bridgehead atoms. The molecule has 1 fully saturated rings. The molecule has 1 aliphatic rings. The first-order valence-electron chi connectivity index (χ1n) is 7.15. The Morgan fingerprint density at radius 1 is 1.22 bits per heavy atom. The topological polar surface area (TPSA) is 49.6 Å². The first-order chi connectivity index (χ1) is 8.54. The fraction of sp³-hybridized carbons (Fsp3) is 0.929. The van der Waals surface area contributed by atoms with Crippen LogP contribution in [0.15, 0.2) is 0 Å². The second-order valence-electron chi connectivity index (χ2n) is 5.83. The average molecular weight is 255 g/mol. The normalized spacial score (nSPS) is 18.9. The van der Waals surface area contributed by atoms with Crippen LogP contribution in [0.3, 0.4) is 0 Å². The molecular weight excluding hydrogens is 226 g/mol. The van der Waals surface area contributed by atoms with Gasteiger partial charge in [0.05, 0.1) is 0 Å².